The number of carbonyl (C=O) groups excluding carboxylic acids is 1. The first-order valence-corrected chi connectivity index (χ1v) is 11.3. The smallest absolute Gasteiger partial charge is 0.356 e. The van der Waals surface area contributed by atoms with Crippen molar-refractivity contribution in [3.63, 3.8) is 0 Å². The van der Waals surface area contributed by atoms with Crippen LogP contribution < -0.4 is 10.2 Å². The quantitative estimate of drug-likeness (QED) is 0.564. The molecule has 2 fully saturated rings. The van der Waals surface area contributed by atoms with E-state index in [-0.39, 0.29) is 11.3 Å². The molecule has 176 valence electrons. The highest BCUT2D eigenvalue weighted by molar-refractivity contribution is 6.33. The molecule has 0 saturated carbocycles. The fraction of sp³-hybridized carbons (Fsp3) is 0.333. The van der Waals surface area contributed by atoms with Crippen molar-refractivity contribution < 1.29 is 18.0 Å². The maximum Gasteiger partial charge on any atom is 0.416 e. The minimum Gasteiger partial charge on any atom is -0.356 e. The van der Waals surface area contributed by atoms with Gasteiger partial charge < -0.3 is 10.2 Å². The molecule has 1 spiro atoms. The Labute approximate surface area is 199 Å². The Morgan fingerprint density at radius 1 is 1.03 bits per heavy atom. The molecular weight excluding hydrogens is 467 g/mol. The maximum atomic E-state index is 13.0. The van der Waals surface area contributed by atoms with Crippen LogP contribution >= 0.6 is 11.6 Å². The monoisotopic (exact) mass is 487 g/mol. The Hall–Kier alpha value is -3.20. The van der Waals surface area contributed by atoms with Crippen molar-refractivity contribution in [3.05, 3.63) is 59.5 Å². The average molecular weight is 488 g/mol. The van der Waals surface area contributed by atoms with E-state index in [0.717, 1.165) is 38.1 Å². The molecule has 0 bridgehead atoms. The van der Waals surface area contributed by atoms with Crippen LogP contribution in [0.4, 0.5) is 19.0 Å². The van der Waals surface area contributed by atoms with Gasteiger partial charge in [0.15, 0.2) is 0 Å². The first-order chi connectivity index (χ1) is 16.2. The summed E-state index contributed by atoms with van der Waals surface area (Å²) in [4.78, 5) is 27.3. The number of amides is 1. The van der Waals surface area contributed by atoms with Gasteiger partial charge in [-0.2, -0.15) is 13.2 Å². The summed E-state index contributed by atoms with van der Waals surface area (Å²) in [7, 11) is 0. The van der Waals surface area contributed by atoms with Gasteiger partial charge in [-0.15, -0.1) is 0 Å². The number of pyridine rings is 1. The largest absolute Gasteiger partial charge is 0.416 e. The Kier molecular flexibility index (Phi) is 5.67. The molecular formula is C24H21ClF3N5O. The predicted molar refractivity (Wildman–Crippen MR) is 122 cm³/mol. The molecule has 2 saturated heterocycles. The van der Waals surface area contributed by atoms with E-state index in [0.29, 0.717) is 46.3 Å². The van der Waals surface area contributed by atoms with E-state index >= 15 is 0 Å². The molecule has 34 heavy (non-hydrogen) atoms. The summed E-state index contributed by atoms with van der Waals surface area (Å²) >= 11 is 6.41. The molecule has 2 aliphatic rings. The number of hydrogen-bond acceptors (Lipinski definition) is 5. The lowest BCUT2D eigenvalue weighted by molar-refractivity contribution is -0.137. The highest BCUT2D eigenvalue weighted by atomic mass is 35.5. The molecule has 0 unspecified atom stereocenters. The molecule has 3 aromatic rings. The topological polar surface area (TPSA) is 71.0 Å². The summed E-state index contributed by atoms with van der Waals surface area (Å²) in [5, 5.41) is 3.30. The Balaban J connectivity index is 1.50. The van der Waals surface area contributed by atoms with Gasteiger partial charge in [0, 0.05) is 49.6 Å². The van der Waals surface area contributed by atoms with Gasteiger partial charge in [-0.25, -0.2) is 4.98 Å². The minimum atomic E-state index is -4.42. The number of nitrogens with one attached hydrogen (secondary N) is 1. The van der Waals surface area contributed by atoms with E-state index in [1.165, 1.54) is 18.3 Å². The number of benzene rings is 1. The van der Waals surface area contributed by atoms with E-state index in [1.54, 1.807) is 18.5 Å². The zero-order chi connectivity index (χ0) is 23.9. The first kappa shape index (κ1) is 22.6. The zero-order valence-corrected chi connectivity index (χ0v) is 18.8. The van der Waals surface area contributed by atoms with Gasteiger partial charge >= 0.3 is 6.18 Å². The summed E-state index contributed by atoms with van der Waals surface area (Å²) in [5.41, 5.74) is 1.28. The van der Waals surface area contributed by atoms with Gasteiger partial charge in [0.2, 0.25) is 5.91 Å². The van der Waals surface area contributed by atoms with Crippen LogP contribution in [0.1, 0.15) is 24.8 Å². The highest BCUT2D eigenvalue weighted by Gasteiger charge is 2.41. The van der Waals surface area contributed by atoms with Crippen molar-refractivity contribution in [2.75, 3.05) is 24.5 Å². The zero-order valence-electron chi connectivity index (χ0n) is 18.1. The molecule has 2 aliphatic heterocycles. The maximum absolute atomic E-state index is 13.0. The highest BCUT2D eigenvalue weighted by Crippen LogP contribution is 2.40. The molecule has 0 radical (unpaired) electrons. The minimum absolute atomic E-state index is 0.00157. The van der Waals surface area contributed by atoms with Crippen molar-refractivity contribution in [1.29, 1.82) is 0 Å². The molecule has 5 rings (SSSR count). The standard InChI is InChI=1S/C24H21ClF3N5O/c25-18-12-29-8-5-17(18)22-21(15-1-3-16(4-2-15)24(26,27)28)30-13-19(32-22)33-9-6-23(7-10-33)11-20(34)31-14-23/h1-5,8,12-13H,6-7,9-11,14H2,(H,31,34). The lowest BCUT2D eigenvalue weighted by Gasteiger charge is -2.38. The first-order valence-electron chi connectivity index (χ1n) is 10.9. The van der Waals surface area contributed by atoms with Crippen molar-refractivity contribution >= 4 is 23.3 Å². The van der Waals surface area contributed by atoms with Crippen LogP contribution in [0.5, 0.6) is 0 Å². The van der Waals surface area contributed by atoms with Crippen molar-refractivity contribution in [2.45, 2.75) is 25.4 Å². The molecule has 0 atom stereocenters. The second-order valence-electron chi connectivity index (χ2n) is 8.80. The Bertz CT molecular complexity index is 1220. The summed E-state index contributed by atoms with van der Waals surface area (Å²) in [6.07, 6.45) is 2.57. The third-order valence-corrected chi connectivity index (χ3v) is 6.92. The molecule has 1 amide bonds. The number of aromatic nitrogens is 3. The number of carbonyl (C=O) groups is 1. The average Bonchev–Trinajstić information content (AvgIpc) is 3.19. The van der Waals surface area contributed by atoms with Gasteiger partial charge in [0.05, 0.1) is 22.5 Å². The van der Waals surface area contributed by atoms with E-state index in [4.69, 9.17) is 16.6 Å². The van der Waals surface area contributed by atoms with Crippen molar-refractivity contribution in [1.82, 2.24) is 20.3 Å². The van der Waals surface area contributed by atoms with Crippen LogP contribution in [0.3, 0.4) is 0 Å². The fourth-order valence-electron chi connectivity index (χ4n) is 4.63. The van der Waals surface area contributed by atoms with Crippen LogP contribution in [0.25, 0.3) is 22.5 Å². The normalized spacial score (nSPS) is 17.8. The number of anilines is 1. The predicted octanol–water partition coefficient (Wildman–Crippen LogP) is 4.98. The Morgan fingerprint density at radius 2 is 1.76 bits per heavy atom. The number of rotatable bonds is 3. The number of nitrogens with zero attached hydrogens (tertiary/aromatic N) is 4. The number of hydrogen-bond donors (Lipinski definition) is 1. The van der Waals surface area contributed by atoms with Crippen LogP contribution in [0.15, 0.2) is 48.9 Å². The van der Waals surface area contributed by atoms with Crippen LogP contribution in [-0.2, 0) is 11.0 Å². The third-order valence-electron chi connectivity index (χ3n) is 6.62. The van der Waals surface area contributed by atoms with Crippen LogP contribution in [0, 0.1) is 5.41 Å². The van der Waals surface area contributed by atoms with Crippen molar-refractivity contribution in [2.24, 2.45) is 5.41 Å². The van der Waals surface area contributed by atoms with Gasteiger partial charge in [0.1, 0.15) is 11.5 Å². The van der Waals surface area contributed by atoms with Crippen LogP contribution in [0.2, 0.25) is 5.02 Å². The van der Waals surface area contributed by atoms with Gasteiger partial charge in [-0.1, -0.05) is 23.7 Å². The number of alkyl halides is 3. The van der Waals surface area contributed by atoms with Gasteiger partial charge in [-0.3, -0.25) is 14.8 Å². The second-order valence-corrected chi connectivity index (χ2v) is 9.20. The van der Waals surface area contributed by atoms with E-state index in [2.05, 4.69) is 20.2 Å². The van der Waals surface area contributed by atoms with Crippen LogP contribution in [-0.4, -0.2) is 40.5 Å². The summed E-state index contributed by atoms with van der Waals surface area (Å²) in [5.74, 6) is 0.759. The van der Waals surface area contributed by atoms with E-state index in [1.807, 2.05) is 0 Å². The fourth-order valence-corrected chi connectivity index (χ4v) is 4.84. The molecule has 0 aliphatic carbocycles. The van der Waals surface area contributed by atoms with Gasteiger partial charge in [0.25, 0.3) is 0 Å². The van der Waals surface area contributed by atoms with Crippen molar-refractivity contribution in [3.8, 4) is 22.5 Å². The molecule has 6 nitrogen and oxygen atoms in total. The number of piperidine rings is 1. The molecule has 4 heterocycles. The lowest BCUT2D eigenvalue weighted by atomic mass is 9.78. The molecule has 10 heteroatoms. The Morgan fingerprint density at radius 3 is 2.38 bits per heavy atom. The summed E-state index contributed by atoms with van der Waals surface area (Å²) in [6, 6.07) is 6.55. The summed E-state index contributed by atoms with van der Waals surface area (Å²) in [6.45, 7) is 2.16. The van der Waals surface area contributed by atoms with Gasteiger partial charge in [-0.05, 0) is 36.5 Å². The lowest BCUT2D eigenvalue weighted by Crippen LogP contribution is -2.41. The molecule has 1 aromatic carbocycles. The van der Waals surface area contributed by atoms with E-state index < -0.39 is 11.7 Å². The molecule has 2 aromatic heterocycles. The number of halogens is 4. The SMILES string of the molecule is O=C1CC2(CCN(c3cnc(-c4ccc(C(F)(F)F)cc4)c(-c4ccncc4Cl)n3)CC2)CN1. The van der Waals surface area contributed by atoms with E-state index in [9.17, 15) is 18.0 Å². The molecule has 1 N–H and O–H groups in total. The summed E-state index contributed by atoms with van der Waals surface area (Å²) < 4.78 is 39.1. The second kappa shape index (κ2) is 8.54. The third kappa shape index (κ3) is 4.32.